The molecule has 1 aliphatic rings. The molecule has 228 valence electrons. The summed E-state index contributed by atoms with van der Waals surface area (Å²) in [6, 6.07) is 15.5. The van der Waals surface area contributed by atoms with Crippen LogP contribution in [0.15, 0.2) is 96.6 Å². The van der Waals surface area contributed by atoms with Crippen molar-refractivity contribution in [1.29, 1.82) is 0 Å². The number of aryl methyl sites for hydroxylation is 1. The molecule has 0 bridgehead atoms. The molecule has 1 saturated heterocycles. The Morgan fingerprint density at radius 1 is 0.911 bits per heavy atom. The number of fused-ring (bicyclic) bond motifs is 1. The maximum atomic E-state index is 14.6. The molecule has 7 rings (SSSR count). The van der Waals surface area contributed by atoms with Gasteiger partial charge in [0.25, 0.3) is 0 Å². The van der Waals surface area contributed by atoms with Crippen molar-refractivity contribution in [2.75, 3.05) is 31.1 Å². The number of piperazine rings is 1. The third-order valence-electron chi connectivity index (χ3n) is 8.19. The predicted octanol–water partition coefficient (Wildman–Crippen LogP) is 5.52. The lowest BCUT2D eigenvalue weighted by Crippen LogP contribution is -2.46. The van der Waals surface area contributed by atoms with Gasteiger partial charge in [-0.1, -0.05) is 6.07 Å². The minimum absolute atomic E-state index is 0.102. The molecule has 12 heteroatoms. The number of hydrogen-bond acceptors (Lipinski definition) is 6. The normalized spacial score (nSPS) is 14.4. The number of benzene rings is 1. The number of hydrogen-bond donors (Lipinski definition) is 1. The molecule has 1 fully saturated rings. The SMILES string of the molecule is Cn1cc(-c2cc(-c3cnc4[nH]ccc4c3)ccn2)n(-c2ccc(N3CCN(Cc4cccnc4)CC3)c(C(F)(F)F)c2)c1=O. The van der Waals surface area contributed by atoms with E-state index in [0.29, 0.717) is 44.1 Å². The van der Waals surface area contributed by atoms with Crippen molar-refractivity contribution < 1.29 is 13.2 Å². The van der Waals surface area contributed by atoms with Crippen LogP contribution in [0.5, 0.6) is 0 Å². The molecule has 0 radical (unpaired) electrons. The Hall–Kier alpha value is -5.23. The third kappa shape index (κ3) is 5.60. The molecular formula is C33H29F3N8O. The fourth-order valence-corrected chi connectivity index (χ4v) is 5.90. The maximum Gasteiger partial charge on any atom is 0.418 e. The molecule has 0 spiro atoms. The van der Waals surface area contributed by atoms with Crippen LogP contribution in [0, 0.1) is 0 Å². The van der Waals surface area contributed by atoms with Gasteiger partial charge in [0.2, 0.25) is 0 Å². The Labute approximate surface area is 256 Å². The molecule has 1 N–H and O–H groups in total. The van der Waals surface area contributed by atoms with E-state index >= 15 is 0 Å². The quantitative estimate of drug-likeness (QED) is 0.267. The summed E-state index contributed by atoms with van der Waals surface area (Å²) in [5.74, 6) is 0. The van der Waals surface area contributed by atoms with Crippen LogP contribution in [-0.2, 0) is 19.8 Å². The van der Waals surface area contributed by atoms with Gasteiger partial charge in [0, 0.05) is 93.6 Å². The van der Waals surface area contributed by atoms with Gasteiger partial charge >= 0.3 is 11.9 Å². The van der Waals surface area contributed by atoms with Gasteiger partial charge in [-0.2, -0.15) is 13.2 Å². The van der Waals surface area contributed by atoms with E-state index in [1.165, 1.54) is 15.2 Å². The average Bonchev–Trinajstić information content (AvgIpc) is 3.64. The zero-order chi connectivity index (χ0) is 31.1. The van der Waals surface area contributed by atoms with Crippen LogP contribution >= 0.6 is 0 Å². The number of aromatic amines is 1. The first-order valence-electron chi connectivity index (χ1n) is 14.5. The van der Waals surface area contributed by atoms with Gasteiger partial charge in [-0.3, -0.25) is 19.4 Å². The van der Waals surface area contributed by atoms with Crippen LogP contribution < -0.4 is 10.6 Å². The molecule has 45 heavy (non-hydrogen) atoms. The molecule has 0 atom stereocenters. The number of nitrogens with zero attached hydrogens (tertiary/aromatic N) is 7. The molecule has 0 saturated carbocycles. The highest BCUT2D eigenvalue weighted by atomic mass is 19.4. The van der Waals surface area contributed by atoms with Crippen molar-refractivity contribution >= 4 is 16.7 Å². The standard InChI is InChI=1S/C33H29F3N8O/c1-41-21-30(28-16-23(6-9-38-28)25-15-24-7-10-39-31(24)40-19-25)44(32(41)45)26-4-5-29(27(17-26)33(34,35)36)43-13-11-42(12-14-43)20-22-3-2-8-37-18-22/h2-10,15-19,21H,11-14,20H2,1H3,(H,39,40). The summed E-state index contributed by atoms with van der Waals surface area (Å²) in [4.78, 5) is 33.5. The van der Waals surface area contributed by atoms with E-state index in [2.05, 4.69) is 24.8 Å². The third-order valence-corrected chi connectivity index (χ3v) is 8.19. The van der Waals surface area contributed by atoms with Crippen LogP contribution in [0.1, 0.15) is 11.1 Å². The second kappa shape index (κ2) is 11.4. The first-order valence-corrected chi connectivity index (χ1v) is 14.5. The summed E-state index contributed by atoms with van der Waals surface area (Å²) in [5, 5.41) is 0.942. The molecule has 0 amide bonds. The number of anilines is 1. The number of rotatable bonds is 6. The zero-order valence-electron chi connectivity index (χ0n) is 24.4. The number of aromatic nitrogens is 6. The summed E-state index contributed by atoms with van der Waals surface area (Å²) in [6.45, 7) is 2.81. The Bertz CT molecular complexity index is 2040. The molecule has 0 aliphatic carbocycles. The smallest absolute Gasteiger partial charge is 0.368 e. The Morgan fingerprint density at radius 3 is 2.53 bits per heavy atom. The predicted molar refractivity (Wildman–Crippen MR) is 166 cm³/mol. The van der Waals surface area contributed by atoms with Gasteiger partial charge in [0.1, 0.15) is 5.65 Å². The van der Waals surface area contributed by atoms with E-state index in [9.17, 15) is 18.0 Å². The second-order valence-electron chi connectivity index (χ2n) is 11.1. The topological polar surface area (TPSA) is 87.9 Å². The highest BCUT2D eigenvalue weighted by Crippen LogP contribution is 2.39. The van der Waals surface area contributed by atoms with Gasteiger partial charge in [0.05, 0.1) is 22.6 Å². The van der Waals surface area contributed by atoms with Gasteiger partial charge in [0.15, 0.2) is 0 Å². The molecule has 6 heterocycles. The minimum atomic E-state index is -4.63. The van der Waals surface area contributed by atoms with Gasteiger partial charge in [-0.25, -0.2) is 9.78 Å². The van der Waals surface area contributed by atoms with Crippen molar-refractivity contribution in [2.24, 2.45) is 7.05 Å². The van der Waals surface area contributed by atoms with Crippen LogP contribution in [0.4, 0.5) is 18.9 Å². The van der Waals surface area contributed by atoms with Crippen molar-refractivity contribution in [3.8, 4) is 28.2 Å². The molecule has 9 nitrogen and oxygen atoms in total. The van der Waals surface area contributed by atoms with E-state index < -0.39 is 17.4 Å². The lowest BCUT2D eigenvalue weighted by molar-refractivity contribution is -0.137. The van der Waals surface area contributed by atoms with Crippen LogP contribution in [0.25, 0.3) is 39.2 Å². The lowest BCUT2D eigenvalue weighted by atomic mass is 10.1. The fourth-order valence-electron chi connectivity index (χ4n) is 5.90. The van der Waals surface area contributed by atoms with Crippen molar-refractivity contribution in [2.45, 2.75) is 12.7 Å². The Balaban J connectivity index is 1.21. The van der Waals surface area contributed by atoms with Crippen molar-refractivity contribution in [1.82, 2.24) is 34.0 Å². The second-order valence-corrected chi connectivity index (χ2v) is 11.1. The van der Waals surface area contributed by atoms with Crippen molar-refractivity contribution in [3.05, 3.63) is 113 Å². The average molecular weight is 611 g/mol. The maximum absolute atomic E-state index is 14.6. The van der Waals surface area contributed by atoms with Crippen LogP contribution in [-0.4, -0.2) is 60.1 Å². The van der Waals surface area contributed by atoms with Gasteiger partial charge in [-0.05, 0) is 59.7 Å². The number of H-pyrrole nitrogens is 1. The first kappa shape index (κ1) is 28.5. The van der Waals surface area contributed by atoms with Gasteiger partial charge < -0.3 is 14.5 Å². The molecular weight excluding hydrogens is 581 g/mol. The monoisotopic (exact) mass is 610 g/mol. The summed E-state index contributed by atoms with van der Waals surface area (Å²) < 4.78 is 46.3. The molecule has 1 aliphatic heterocycles. The van der Waals surface area contributed by atoms with Gasteiger partial charge in [-0.15, -0.1) is 0 Å². The number of imidazole rings is 1. The minimum Gasteiger partial charge on any atom is -0.368 e. The Morgan fingerprint density at radius 2 is 1.76 bits per heavy atom. The van der Waals surface area contributed by atoms with Crippen LogP contribution in [0.3, 0.4) is 0 Å². The lowest BCUT2D eigenvalue weighted by Gasteiger charge is -2.37. The van der Waals surface area contributed by atoms with E-state index in [4.69, 9.17) is 0 Å². The molecule has 0 unspecified atom stereocenters. The number of halogens is 3. The number of alkyl halides is 3. The van der Waals surface area contributed by atoms with E-state index in [1.807, 2.05) is 42.6 Å². The first-order chi connectivity index (χ1) is 21.7. The largest absolute Gasteiger partial charge is 0.418 e. The fraction of sp³-hybridized carbons (Fsp3) is 0.212. The summed E-state index contributed by atoms with van der Waals surface area (Å²) in [6.07, 6.45) is 5.65. The number of pyridine rings is 3. The van der Waals surface area contributed by atoms with E-state index in [1.54, 1.807) is 49.0 Å². The summed E-state index contributed by atoms with van der Waals surface area (Å²) in [7, 11) is 1.57. The molecule has 6 aromatic rings. The Kier molecular flexibility index (Phi) is 7.20. The van der Waals surface area contributed by atoms with Crippen molar-refractivity contribution in [3.63, 3.8) is 0 Å². The number of nitrogens with one attached hydrogen (secondary N) is 1. The van der Waals surface area contributed by atoms with Crippen LogP contribution in [0.2, 0.25) is 0 Å². The summed E-state index contributed by atoms with van der Waals surface area (Å²) in [5.41, 5.74) is 3.27. The highest BCUT2D eigenvalue weighted by molar-refractivity contribution is 5.82. The van der Waals surface area contributed by atoms with E-state index in [-0.39, 0.29) is 11.4 Å². The van der Waals surface area contributed by atoms with E-state index in [0.717, 1.165) is 33.8 Å². The molecule has 5 aromatic heterocycles. The highest BCUT2D eigenvalue weighted by Gasteiger charge is 2.36. The summed E-state index contributed by atoms with van der Waals surface area (Å²) >= 11 is 0. The molecule has 1 aromatic carbocycles. The zero-order valence-corrected chi connectivity index (χ0v) is 24.4.